The number of aromatic nitrogens is 5. The van der Waals surface area contributed by atoms with Gasteiger partial charge >= 0.3 is 0 Å². The van der Waals surface area contributed by atoms with Gasteiger partial charge in [0.05, 0.1) is 17.4 Å². The maximum atomic E-state index is 12.2. The van der Waals surface area contributed by atoms with Crippen LogP contribution in [-0.4, -0.2) is 30.9 Å². The second-order valence-corrected chi connectivity index (χ2v) is 6.56. The first-order valence-electron chi connectivity index (χ1n) is 8.60. The zero-order valence-electron chi connectivity index (χ0n) is 15.0. The Morgan fingerprint density at radius 2 is 2.15 bits per heavy atom. The Kier molecular flexibility index (Phi) is 5.43. The fraction of sp³-hybridized carbons (Fsp3) is 0.333. The molecule has 8 heteroatoms. The van der Waals surface area contributed by atoms with Crippen LogP contribution in [0.4, 0.5) is 0 Å². The predicted octanol–water partition coefficient (Wildman–Crippen LogP) is 1.21. The van der Waals surface area contributed by atoms with E-state index in [1.54, 1.807) is 6.07 Å². The summed E-state index contributed by atoms with van der Waals surface area (Å²) >= 11 is 5.52. The van der Waals surface area contributed by atoms with Crippen molar-refractivity contribution in [1.29, 1.82) is 0 Å². The van der Waals surface area contributed by atoms with E-state index in [2.05, 4.69) is 28.6 Å². The SMILES string of the molecule is C=CCn1c(C)nn(C[NH+](CC)Cc2nc3ccccc3c(=O)[nH]2)c1=S. The molecule has 3 rings (SSSR count). The third kappa shape index (κ3) is 3.66. The fourth-order valence-corrected chi connectivity index (χ4v) is 3.26. The number of quaternary nitrogens is 1. The summed E-state index contributed by atoms with van der Waals surface area (Å²) in [6.07, 6.45) is 1.81. The second kappa shape index (κ2) is 7.76. The zero-order valence-corrected chi connectivity index (χ0v) is 15.8. The molecule has 0 radical (unpaired) electrons. The minimum Gasteiger partial charge on any atom is -0.310 e. The number of aryl methyl sites for hydroxylation is 1. The van der Waals surface area contributed by atoms with Gasteiger partial charge in [0.2, 0.25) is 4.77 Å². The lowest BCUT2D eigenvalue weighted by atomic mass is 10.2. The molecule has 2 N–H and O–H groups in total. The number of rotatable bonds is 7. The van der Waals surface area contributed by atoms with E-state index in [-0.39, 0.29) is 5.56 Å². The van der Waals surface area contributed by atoms with E-state index in [1.165, 1.54) is 4.90 Å². The smallest absolute Gasteiger partial charge is 0.258 e. The first-order valence-corrected chi connectivity index (χ1v) is 9.01. The van der Waals surface area contributed by atoms with Crippen molar-refractivity contribution < 1.29 is 4.90 Å². The molecule has 0 amide bonds. The van der Waals surface area contributed by atoms with Crippen LogP contribution < -0.4 is 10.5 Å². The molecule has 136 valence electrons. The second-order valence-electron chi connectivity index (χ2n) is 6.20. The Balaban J connectivity index is 1.85. The number of hydrogen-bond donors (Lipinski definition) is 2. The van der Waals surface area contributed by atoms with Gasteiger partial charge in [-0.05, 0) is 38.2 Å². The van der Waals surface area contributed by atoms with Gasteiger partial charge in [-0.1, -0.05) is 18.2 Å². The summed E-state index contributed by atoms with van der Waals surface area (Å²) in [5, 5.41) is 5.15. The van der Waals surface area contributed by atoms with E-state index in [4.69, 9.17) is 12.2 Å². The number of fused-ring (bicyclic) bond motifs is 1. The fourth-order valence-electron chi connectivity index (χ4n) is 2.95. The first-order chi connectivity index (χ1) is 12.5. The Bertz CT molecular complexity index is 1050. The summed E-state index contributed by atoms with van der Waals surface area (Å²) in [4.78, 5) is 20.9. The summed E-state index contributed by atoms with van der Waals surface area (Å²) in [7, 11) is 0. The number of aromatic amines is 1. The highest BCUT2D eigenvalue weighted by Crippen LogP contribution is 2.05. The van der Waals surface area contributed by atoms with Crippen molar-refractivity contribution >= 4 is 23.1 Å². The van der Waals surface area contributed by atoms with E-state index in [1.807, 2.05) is 40.4 Å². The standard InChI is InChI=1S/C18H22N6OS/c1-4-10-23-13(3)21-24(18(23)26)12-22(5-2)11-16-19-15-9-7-6-8-14(15)17(25)20-16/h4,6-9H,1,5,10-12H2,2-3H3,(H,19,20,25)/p+1. The summed E-state index contributed by atoms with van der Waals surface area (Å²) in [5.41, 5.74) is 0.605. The average molecular weight is 371 g/mol. The molecule has 3 aromatic rings. The highest BCUT2D eigenvalue weighted by Gasteiger charge is 2.14. The van der Waals surface area contributed by atoms with Crippen molar-refractivity contribution in [3.05, 3.63) is 63.7 Å². The maximum absolute atomic E-state index is 12.2. The van der Waals surface area contributed by atoms with Crippen LogP contribution in [-0.2, 0) is 19.8 Å². The van der Waals surface area contributed by atoms with Crippen molar-refractivity contribution in [3.63, 3.8) is 0 Å². The van der Waals surface area contributed by atoms with Gasteiger partial charge in [-0.2, -0.15) is 9.78 Å². The van der Waals surface area contributed by atoms with Gasteiger partial charge in [0.15, 0.2) is 12.5 Å². The average Bonchev–Trinajstić information content (AvgIpc) is 2.89. The molecule has 1 atom stereocenters. The van der Waals surface area contributed by atoms with Gasteiger partial charge in [-0.3, -0.25) is 4.79 Å². The van der Waals surface area contributed by atoms with E-state index in [9.17, 15) is 4.79 Å². The van der Waals surface area contributed by atoms with Crippen molar-refractivity contribution in [2.75, 3.05) is 6.54 Å². The van der Waals surface area contributed by atoms with Gasteiger partial charge < -0.3 is 14.5 Å². The van der Waals surface area contributed by atoms with E-state index in [0.29, 0.717) is 41.3 Å². The third-order valence-electron chi connectivity index (χ3n) is 4.37. The molecule has 0 saturated carbocycles. The highest BCUT2D eigenvalue weighted by atomic mass is 32.1. The number of allylic oxidation sites excluding steroid dienone is 1. The van der Waals surface area contributed by atoms with Crippen LogP contribution in [0.15, 0.2) is 41.7 Å². The maximum Gasteiger partial charge on any atom is 0.258 e. The zero-order chi connectivity index (χ0) is 18.7. The van der Waals surface area contributed by atoms with Crippen molar-refractivity contribution in [3.8, 4) is 0 Å². The van der Waals surface area contributed by atoms with Gasteiger partial charge in [-0.25, -0.2) is 4.98 Å². The van der Waals surface area contributed by atoms with Gasteiger partial charge in [0, 0.05) is 6.54 Å². The molecule has 0 aliphatic rings. The molecule has 0 fully saturated rings. The monoisotopic (exact) mass is 371 g/mol. The van der Waals surface area contributed by atoms with Crippen LogP contribution >= 0.6 is 12.2 Å². The predicted molar refractivity (Wildman–Crippen MR) is 104 cm³/mol. The minimum atomic E-state index is -0.108. The molecule has 2 heterocycles. The summed E-state index contributed by atoms with van der Waals surface area (Å²) in [5.74, 6) is 1.53. The molecule has 26 heavy (non-hydrogen) atoms. The molecule has 1 unspecified atom stereocenters. The largest absolute Gasteiger partial charge is 0.310 e. The molecular weight excluding hydrogens is 348 g/mol. The summed E-state index contributed by atoms with van der Waals surface area (Å²) in [6, 6.07) is 7.36. The molecule has 7 nitrogen and oxygen atoms in total. The van der Waals surface area contributed by atoms with Gasteiger partial charge in [-0.15, -0.1) is 6.58 Å². The van der Waals surface area contributed by atoms with E-state index >= 15 is 0 Å². The Morgan fingerprint density at radius 3 is 2.88 bits per heavy atom. The normalized spacial score (nSPS) is 12.4. The lowest BCUT2D eigenvalue weighted by Crippen LogP contribution is -3.09. The number of hydrogen-bond acceptors (Lipinski definition) is 4. The van der Waals surface area contributed by atoms with Gasteiger partial charge in [0.25, 0.3) is 5.56 Å². The summed E-state index contributed by atoms with van der Waals surface area (Å²) in [6.45, 7) is 10.5. The third-order valence-corrected chi connectivity index (χ3v) is 4.80. The summed E-state index contributed by atoms with van der Waals surface area (Å²) < 4.78 is 4.45. The van der Waals surface area contributed by atoms with Crippen molar-refractivity contribution in [2.24, 2.45) is 0 Å². The van der Waals surface area contributed by atoms with Crippen LogP contribution in [0.25, 0.3) is 10.9 Å². The van der Waals surface area contributed by atoms with Crippen molar-refractivity contribution in [2.45, 2.75) is 33.6 Å². The highest BCUT2D eigenvalue weighted by molar-refractivity contribution is 7.71. The lowest BCUT2D eigenvalue weighted by molar-refractivity contribution is -0.935. The number of para-hydroxylation sites is 1. The lowest BCUT2D eigenvalue weighted by Gasteiger charge is -2.16. The minimum absolute atomic E-state index is 0.108. The Hall–Kier alpha value is -2.58. The number of nitrogens with zero attached hydrogens (tertiary/aromatic N) is 4. The molecule has 0 bridgehead atoms. The van der Waals surface area contributed by atoms with E-state index < -0.39 is 0 Å². The van der Waals surface area contributed by atoms with Crippen LogP contribution in [0.5, 0.6) is 0 Å². The number of H-pyrrole nitrogens is 1. The quantitative estimate of drug-likeness (QED) is 0.484. The van der Waals surface area contributed by atoms with Gasteiger partial charge in [0.1, 0.15) is 12.4 Å². The van der Waals surface area contributed by atoms with Crippen molar-refractivity contribution in [1.82, 2.24) is 24.3 Å². The van der Waals surface area contributed by atoms with Crippen LogP contribution in [0, 0.1) is 11.7 Å². The van der Waals surface area contributed by atoms with Crippen LogP contribution in [0.1, 0.15) is 18.6 Å². The first kappa shape index (κ1) is 18.2. The number of nitrogens with one attached hydrogen (secondary N) is 2. The molecule has 0 aliphatic heterocycles. The number of benzene rings is 1. The van der Waals surface area contributed by atoms with E-state index in [0.717, 1.165) is 12.4 Å². The molecule has 1 aromatic carbocycles. The molecule has 0 spiro atoms. The van der Waals surface area contributed by atoms with Crippen LogP contribution in [0.3, 0.4) is 0 Å². The Labute approximate surface area is 156 Å². The Morgan fingerprint density at radius 1 is 1.38 bits per heavy atom. The molecule has 0 saturated heterocycles. The van der Waals surface area contributed by atoms with Crippen LogP contribution in [0.2, 0.25) is 0 Å². The topological polar surface area (TPSA) is 72.9 Å². The molecular formula is C18H23N6OS+. The molecule has 2 aromatic heterocycles. The molecule has 0 aliphatic carbocycles.